The molecule has 0 radical (unpaired) electrons. The SMILES string of the molecule is CC(=O)c1ccc(N2CCC[C@@H](c3ccn[nH]3)C2)c(S(N)(=O)=O)c1. The van der Waals surface area contributed by atoms with E-state index in [1.807, 2.05) is 11.0 Å². The molecule has 2 aromatic rings. The van der Waals surface area contributed by atoms with Crippen LogP contribution >= 0.6 is 0 Å². The van der Waals surface area contributed by atoms with E-state index in [0.717, 1.165) is 25.1 Å². The van der Waals surface area contributed by atoms with Gasteiger partial charge in [-0.25, -0.2) is 13.6 Å². The van der Waals surface area contributed by atoms with E-state index in [1.54, 1.807) is 18.3 Å². The number of nitrogens with two attached hydrogens (primary N) is 1. The number of aromatic nitrogens is 2. The van der Waals surface area contributed by atoms with E-state index in [0.29, 0.717) is 17.8 Å². The number of sulfonamides is 1. The number of carbonyl (C=O) groups is 1. The van der Waals surface area contributed by atoms with Gasteiger partial charge < -0.3 is 4.90 Å². The monoisotopic (exact) mass is 348 g/mol. The van der Waals surface area contributed by atoms with E-state index < -0.39 is 10.0 Å². The number of anilines is 1. The molecule has 1 fully saturated rings. The Morgan fingerprint density at radius 3 is 2.79 bits per heavy atom. The Labute approximate surface area is 140 Å². The van der Waals surface area contributed by atoms with Gasteiger partial charge in [0.25, 0.3) is 0 Å². The summed E-state index contributed by atoms with van der Waals surface area (Å²) in [7, 11) is -3.92. The van der Waals surface area contributed by atoms with Gasteiger partial charge in [0.2, 0.25) is 10.0 Å². The topological polar surface area (TPSA) is 109 Å². The zero-order valence-corrected chi connectivity index (χ0v) is 14.2. The number of aromatic amines is 1. The largest absolute Gasteiger partial charge is 0.370 e. The molecule has 128 valence electrons. The number of primary sulfonamides is 1. The van der Waals surface area contributed by atoms with Gasteiger partial charge in [-0.1, -0.05) is 0 Å². The fourth-order valence-corrected chi connectivity index (χ4v) is 3.95. The van der Waals surface area contributed by atoms with Crippen molar-refractivity contribution in [3.63, 3.8) is 0 Å². The number of piperidine rings is 1. The maximum Gasteiger partial charge on any atom is 0.240 e. The normalized spacial score (nSPS) is 18.6. The average Bonchev–Trinajstić information content (AvgIpc) is 3.08. The molecular weight excluding hydrogens is 328 g/mol. The van der Waals surface area contributed by atoms with Gasteiger partial charge in [-0.2, -0.15) is 5.10 Å². The first-order chi connectivity index (χ1) is 11.4. The highest BCUT2D eigenvalue weighted by Crippen LogP contribution is 2.32. The number of hydrogen-bond donors (Lipinski definition) is 2. The molecule has 0 saturated carbocycles. The molecule has 1 aliphatic rings. The van der Waals surface area contributed by atoms with Crippen LogP contribution in [0.25, 0.3) is 0 Å². The number of nitrogens with zero attached hydrogens (tertiary/aromatic N) is 2. The molecule has 3 rings (SSSR count). The standard InChI is InChI=1S/C16H20N4O3S/c1-11(21)12-4-5-15(16(9-12)24(17,22)23)20-8-2-3-13(10-20)14-6-7-18-19-14/h4-7,9,13H,2-3,8,10H2,1H3,(H,18,19)(H2,17,22,23)/t13-/m1/s1. The summed E-state index contributed by atoms with van der Waals surface area (Å²) < 4.78 is 24.0. The summed E-state index contributed by atoms with van der Waals surface area (Å²) in [5.41, 5.74) is 1.92. The van der Waals surface area contributed by atoms with Crippen molar-refractivity contribution in [2.45, 2.75) is 30.6 Å². The second-order valence-electron chi connectivity index (χ2n) is 6.08. The zero-order valence-electron chi connectivity index (χ0n) is 13.4. The van der Waals surface area contributed by atoms with Gasteiger partial charge in [0.05, 0.1) is 5.69 Å². The van der Waals surface area contributed by atoms with E-state index in [4.69, 9.17) is 5.14 Å². The van der Waals surface area contributed by atoms with Gasteiger partial charge >= 0.3 is 0 Å². The van der Waals surface area contributed by atoms with E-state index in [9.17, 15) is 13.2 Å². The average molecular weight is 348 g/mol. The van der Waals surface area contributed by atoms with Crippen molar-refractivity contribution in [3.8, 4) is 0 Å². The van der Waals surface area contributed by atoms with Crippen molar-refractivity contribution in [2.24, 2.45) is 5.14 Å². The third kappa shape index (κ3) is 3.34. The maximum absolute atomic E-state index is 12.0. The quantitative estimate of drug-likeness (QED) is 0.817. The smallest absolute Gasteiger partial charge is 0.240 e. The highest BCUT2D eigenvalue weighted by molar-refractivity contribution is 7.89. The fraction of sp³-hybridized carbons (Fsp3) is 0.375. The summed E-state index contributed by atoms with van der Waals surface area (Å²) in [5.74, 6) is 0.0579. The van der Waals surface area contributed by atoms with Gasteiger partial charge in [0, 0.05) is 36.5 Å². The first-order valence-corrected chi connectivity index (χ1v) is 9.33. The minimum atomic E-state index is -3.92. The van der Waals surface area contributed by atoms with E-state index in [1.165, 1.54) is 13.0 Å². The Morgan fingerprint density at radius 1 is 1.38 bits per heavy atom. The van der Waals surface area contributed by atoms with Crippen molar-refractivity contribution in [1.82, 2.24) is 10.2 Å². The Hall–Kier alpha value is -2.19. The van der Waals surface area contributed by atoms with Crippen LogP contribution in [-0.2, 0) is 10.0 Å². The number of benzene rings is 1. The van der Waals surface area contributed by atoms with Crippen LogP contribution in [-0.4, -0.2) is 37.5 Å². The molecule has 0 unspecified atom stereocenters. The third-order valence-electron chi connectivity index (χ3n) is 4.40. The minimum absolute atomic E-state index is 0.000427. The first-order valence-electron chi connectivity index (χ1n) is 7.78. The van der Waals surface area contributed by atoms with Crippen LogP contribution in [0.3, 0.4) is 0 Å². The Morgan fingerprint density at radius 2 is 2.17 bits per heavy atom. The summed E-state index contributed by atoms with van der Waals surface area (Å²) >= 11 is 0. The number of rotatable bonds is 4. The highest BCUT2D eigenvalue weighted by Gasteiger charge is 2.26. The summed E-state index contributed by atoms with van der Waals surface area (Å²) in [5, 5.41) is 12.4. The van der Waals surface area contributed by atoms with Crippen LogP contribution in [0.5, 0.6) is 0 Å². The lowest BCUT2D eigenvalue weighted by Gasteiger charge is -2.35. The molecule has 8 heteroatoms. The van der Waals surface area contributed by atoms with Crippen LogP contribution in [0.1, 0.15) is 41.7 Å². The van der Waals surface area contributed by atoms with Crippen molar-refractivity contribution < 1.29 is 13.2 Å². The van der Waals surface area contributed by atoms with E-state index in [-0.39, 0.29) is 16.6 Å². The number of carbonyl (C=O) groups excluding carboxylic acids is 1. The van der Waals surface area contributed by atoms with Gasteiger partial charge in [-0.05, 0) is 44.0 Å². The number of nitrogens with one attached hydrogen (secondary N) is 1. The number of hydrogen-bond acceptors (Lipinski definition) is 5. The van der Waals surface area contributed by atoms with Crippen LogP contribution in [0.15, 0.2) is 35.4 Å². The summed E-state index contributed by atoms with van der Waals surface area (Å²) in [6.45, 7) is 2.81. The van der Waals surface area contributed by atoms with Gasteiger partial charge in [0.15, 0.2) is 5.78 Å². The molecule has 1 aliphatic heterocycles. The summed E-state index contributed by atoms with van der Waals surface area (Å²) in [4.78, 5) is 13.6. The van der Waals surface area contributed by atoms with Crippen molar-refractivity contribution in [1.29, 1.82) is 0 Å². The number of H-pyrrole nitrogens is 1. The molecule has 0 bridgehead atoms. The number of ketones is 1. The minimum Gasteiger partial charge on any atom is -0.370 e. The molecule has 0 spiro atoms. The molecule has 0 aliphatic carbocycles. The summed E-state index contributed by atoms with van der Waals surface area (Å²) in [6.07, 6.45) is 3.66. The molecule has 3 N–H and O–H groups in total. The molecule has 1 atom stereocenters. The lowest BCUT2D eigenvalue weighted by Crippen LogP contribution is -2.35. The maximum atomic E-state index is 12.0. The Balaban J connectivity index is 1.97. The van der Waals surface area contributed by atoms with Crippen LogP contribution < -0.4 is 10.0 Å². The predicted molar refractivity (Wildman–Crippen MR) is 90.6 cm³/mol. The van der Waals surface area contributed by atoms with Gasteiger partial charge in [-0.15, -0.1) is 0 Å². The summed E-state index contributed by atoms with van der Waals surface area (Å²) in [6, 6.07) is 6.62. The molecule has 0 amide bonds. The molecular formula is C16H20N4O3S. The van der Waals surface area contributed by atoms with Gasteiger partial charge in [-0.3, -0.25) is 9.89 Å². The molecule has 7 nitrogen and oxygen atoms in total. The fourth-order valence-electron chi connectivity index (χ4n) is 3.17. The van der Waals surface area contributed by atoms with Crippen molar-refractivity contribution >= 4 is 21.5 Å². The van der Waals surface area contributed by atoms with Crippen molar-refractivity contribution in [2.75, 3.05) is 18.0 Å². The lowest BCUT2D eigenvalue weighted by atomic mass is 9.94. The predicted octanol–water partition coefficient (Wildman–Crippen LogP) is 1.64. The second-order valence-corrected chi connectivity index (χ2v) is 7.61. The van der Waals surface area contributed by atoms with E-state index >= 15 is 0 Å². The second kappa shape index (κ2) is 6.37. The molecule has 1 saturated heterocycles. The van der Waals surface area contributed by atoms with Crippen LogP contribution in [0.4, 0.5) is 5.69 Å². The third-order valence-corrected chi connectivity index (χ3v) is 5.34. The zero-order chi connectivity index (χ0) is 17.3. The molecule has 2 heterocycles. The number of Topliss-reactive ketones (excluding diaryl/α,β-unsaturated/α-hetero) is 1. The molecule has 24 heavy (non-hydrogen) atoms. The van der Waals surface area contributed by atoms with Crippen molar-refractivity contribution in [3.05, 3.63) is 41.7 Å². The highest BCUT2D eigenvalue weighted by atomic mass is 32.2. The first kappa shape index (κ1) is 16.7. The van der Waals surface area contributed by atoms with E-state index in [2.05, 4.69) is 10.2 Å². The van der Waals surface area contributed by atoms with Gasteiger partial charge in [0.1, 0.15) is 4.90 Å². The Bertz CT molecular complexity index is 846. The lowest BCUT2D eigenvalue weighted by molar-refractivity contribution is 0.101. The van der Waals surface area contributed by atoms with Crippen LogP contribution in [0.2, 0.25) is 0 Å². The molecule has 1 aromatic carbocycles. The Kier molecular flexibility index (Phi) is 4.42. The van der Waals surface area contributed by atoms with Crippen LogP contribution in [0, 0.1) is 0 Å². The molecule has 1 aromatic heterocycles.